The van der Waals surface area contributed by atoms with Crippen LogP contribution in [-0.4, -0.2) is 4.21 Å². The van der Waals surface area contributed by atoms with Gasteiger partial charge in [-0.15, -0.1) is 0 Å². The third-order valence-electron chi connectivity index (χ3n) is 4.73. The quantitative estimate of drug-likeness (QED) is 0.344. The number of rotatable bonds is 2. The molecule has 0 radical (unpaired) electrons. The molecule has 1 heterocycles. The van der Waals surface area contributed by atoms with Gasteiger partial charge in [0.05, 0.1) is 20.6 Å². The molecule has 0 saturated carbocycles. The summed E-state index contributed by atoms with van der Waals surface area (Å²) in [5.41, 5.74) is 2.43. The lowest BCUT2D eigenvalue weighted by Crippen LogP contribution is -2.16. The molecule has 0 amide bonds. The van der Waals surface area contributed by atoms with E-state index >= 15 is 0 Å². The fourth-order valence-corrected chi connectivity index (χ4v) is 7.67. The van der Waals surface area contributed by atoms with Crippen LogP contribution in [0.3, 0.4) is 0 Å². The van der Waals surface area contributed by atoms with Crippen molar-refractivity contribution in [2.75, 3.05) is 0 Å². The molecule has 5 rings (SSSR count). The summed E-state index contributed by atoms with van der Waals surface area (Å²) in [6.45, 7) is 0. The van der Waals surface area contributed by atoms with Crippen molar-refractivity contribution in [1.29, 1.82) is 0 Å². The van der Waals surface area contributed by atoms with Crippen LogP contribution in [0.2, 0.25) is 0 Å². The minimum absolute atomic E-state index is 0.236. The Balaban J connectivity index is 1.65. The van der Waals surface area contributed by atoms with Crippen LogP contribution in [0, 0.1) is 0 Å². The smallest absolute Gasteiger partial charge is 0.183 e. The molecular formula is C24H17OS2+. The lowest BCUT2D eigenvalue weighted by molar-refractivity contribution is 0.679. The van der Waals surface area contributed by atoms with Gasteiger partial charge in [0.1, 0.15) is 10.9 Å². The van der Waals surface area contributed by atoms with Crippen molar-refractivity contribution in [3.8, 4) is 11.1 Å². The van der Waals surface area contributed by atoms with E-state index in [0.29, 0.717) is 0 Å². The standard InChI is InChI=1S/C24H17OS2/c25-27-23-12-6-4-10-21(23)26(22-11-5-7-13-24(22)27)20-16-14-19(15-17-20)18-8-2-1-3-9-18/h1-17H/q+1. The van der Waals surface area contributed by atoms with Gasteiger partial charge in [0.15, 0.2) is 14.7 Å². The lowest BCUT2D eigenvalue weighted by Gasteiger charge is -2.18. The molecule has 0 unspecified atom stereocenters. The summed E-state index contributed by atoms with van der Waals surface area (Å²) in [4.78, 5) is 5.47. The zero-order chi connectivity index (χ0) is 18.2. The van der Waals surface area contributed by atoms with Crippen molar-refractivity contribution in [2.24, 2.45) is 0 Å². The average molecular weight is 386 g/mol. The topological polar surface area (TPSA) is 17.1 Å². The molecule has 0 N–H and O–H groups in total. The molecule has 1 aliphatic rings. The zero-order valence-electron chi connectivity index (χ0n) is 14.5. The summed E-state index contributed by atoms with van der Waals surface area (Å²) in [6, 6.07) is 35.5. The van der Waals surface area contributed by atoms with Crippen LogP contribution in [0.1, 0.15) is 0 Å². The zero-order valence-corrected chi connectivity index (χ0v) is 16.2. The molecule has 0 fully saturated rings. The summed E-state index contributed by atoms with van der Waals surface area (Å²) >= 11 is 0. The van der Waals surface area contributed by atoms with Gasteiger partial charge < -0.3 is 0 Å². The van der Waals surface area contributed by atoms with Gasteiger partial charge in [-0.2, -0.15) is 0 Å². The third-order valence-corrected chi connectivity index (χ3v) is 8.84. The minimum Gasteiger partial charge on any atom is -0.249 e. The molecular weight excluding hydrogens is 368 g/mol. The van der Waals surface area contributed by atoms with Gasteiger partial charge in [-0.05, 0) is 59.7 Å². The summed E-state index contributed by atoms with van der Waals surface area (Å²) in [6.07, 6.45) is 0. The van der Waals surface area contributed by atoms with Gasteiger partial charge in [0.2, 0.25) is 0 Å². The number of hydrogen-bond donors (Lipinski definition) is 0. The molecule has 4 aromatic carbocycles. The molecule has 0 aromatic heterocycles. The largest absolute Gasteiger partial charge is 0.249 e. The summed E-state index contributed by atoms with van der Waals surface area (Å²) in [5.74, 6) is 0. The Morgan fingerprint density at radius 1 is 0.519 bits per heavy atom. The third kappa shape index (κ3) is 2.84. The Morgan fingerprint density at radius 2 is 1.00 bits per heavy atom. The molecule has 27 heavy (non-hydrogen) atoms. The Kier molecular flexibility index (Phi) is 4.19. The number of fused-ring (bicyclic) bond motifs is 2. The van der Waals surface area contributed by atoms with E-state index in [1.165, 1.54) is 25.8 Å². The van der Waals surface area contributed by atoms with Gasteiger partial charge in [-0.1, -0.05) is 54.6 Å². The molecule has 1 aliphatic heterocycles. The first kappa shape index (κ1) is 16.5. The van der Waals surface area contributed by atoms with Gasteiger partial charge in [0.25, 0.3) is 0 Å². The Labute approximate surface area is 164 Å². The van der Waals surface area contributed by atoms with E-state index in [1.54, 1.807) is 0 Å². The second kappa shape index (κ2) is 6.84. The fourth-order valence-electron chi connectivity index (χ4n) is 3.45. The van der Waals surface area contributed by atoms with Crippen LogP contribution in [0.4, 0.5) is 0 Å². The first-order valence-corrected chi connectivity index (χ1v) is 11.2. The minimum atomic E-state index is -1.11. The highest BCUT2D eigenvalue weighted by atomic mass is 32.2. The predicted octanol–water partition coefficient (Wildman–Crippen LogP) is 5.93. The fraction of sp³-hybridized carbons (Fsp3) is 0. The Hall–Kier alpha value is -2.62. The van der Waals surface area contributed by atoms with E-state index in [0.717, 1.165) is 9.79 Å². The summed E-state index contributed by atoms with van der Waals surface area (Å²) in [7, 11) is -1.35. The van der Waals surface area contributed by atoms with Gasteiger partial charge in [-0.3, -0.25) is 0 Å². The van der Waals surface area contributed by atoms with Crippen molar-refractivity contribution in [3.05, 3.63) is 103 Å². The van der Waals surface area contributed by atoms with Crippen molar-refractivity contribution in [3.63, 3.8) is 0 Å². The lowest BCUT2D eigenvalue weighted by atomic mass is 10.1. The number of hydrogen-bond acceptors (Lipinski definition) is 1. The maximum atomic E-state index is 13.0. The maximum absolute atomic E-state index is 13.0. The van der Waals surface area contributed by atoms with Crippen molar-refractivity contribution >= 4 is 21.7 Å². The van der Waals surface area contributed by atoms with E-state index in [-0.39, 0.29) is 10.9 Å². The highest BCUT2D eigenvalue weighted by Crippen LogP contribution is 2.43. The number of benzene rings is 4. The molecule has 0 atom stereocenters. The molecule has 3 heteroatoms. The van der Waals surface area contributed by atoms with Gasteiger partial charge >= 0.3 is 0 Å². The van der Waals surface area contributed by atoms with E-state index in [9.17, 15) is 4.21 Å². The van der Waals surface area contributed by atoms with Crippen LogP contribution in [0.25, 0.3) is 11.1 Å². The van der Waals surface area contributed by atoms with Crippen LogP contribution in [0.5, 0.6) is 0 Å². The first-order chi connectivity index (χ1) is 13.3. The molecule has 1 nitrogen and oxygen atoms in total. The highest BCUT2D eigenvalue weighted by Gasteiger charge is 2.40. The van der Waals surface area contributed by atoms with E-state index < -0.39 is 10.8 Å². The SMILES string of the molecule is O=S1c2ccccc2[S+](c2ccc(-c3ccccc3)cc2)c2ccccc21. The second-order valence-corrected chi connectivity index (χ2v) is 9.74. The Bertz CT molecular complexity index is 1080. The molecule has 0 spiro atoms. The summed E-state index contributed by atoms with van der Waals surface area (Å²) in [5, 5.41) is 0. The Morgan fingerprint density at radius 3 is 1.59 bits per heavy atom. The van der Waals surface area contributed by atoms with Crippen LogP contribution >= 0.6 is 0 Å². The van der Waals surface area contributed by atoms with E-state index in [4.69, 9.17) is 0 Å². The summed E-state index contributed by atoms with van der Waals surface area (Å²) < 4.78 is 13.0. The van der Waals surface area contributed by atoms with Gasteiger partial charge in [-0.25, -0.2) is 4.21 Å². The maximum Gasteiger partial charge on any atom is 0.183 e. The molecule has 130 valence electrons. The monoisotopic (exact) mass is 385 g/mol. The predicted molar refractivity (Wildman–Crippen MR) is 112 cm³/mol. The molecule has 4 aromatic rings. The highest BCUT2D eigenvalue weighted by molar-refractivity contribution is 7.99. The van der Waals surface area contributed by atoms with Crippen molar-refractivity contribution in [1.82, 2.24) is 0 Å². The van der Waals surface area contributed by atoms with Crippen molar-refractivity contribution in [2.45, 2.75) is 24.5 Å². The van der Waals surface area contributed by atoms with Crippen LogP contribution in [-0.2, 0) is 21.7 Å². The second-order valence-electron chi connectivity index (χ2n) is 6.36. The average Bonchev–Trinajstić information content (AvgIpc) is 2.75. The van der Waals surface area contributed by atoms with Crippen LogP contribution < -0.4 is 0 Å². The van der Waals surface area contributed by atoms with Crippen LogP contribution in [0.15, 0.2) is 128 Å². The van der Waals surface area contributed by atoms with E-state index in [2.05, 4.69) is 60.7 Å². The van der Waals surface area contributed by atoms with Crippen molar-refractivity contribution < 1.29 is 4.21 Å². The first-order valence-electron chi connectivity index (χ1n) is 8.82. The van der Waals surface area contributed by atoms with Gasteiger partial charge in [0, 0.05) is 0 Å². The van der Waals surface area contributed by atoms with E-state index in [1.807, 2.05) is 42.5 Å². The molecule has 0 bridgehead atoms. The molecule has 0 saturated heterocycles. The normalized spacial score (nSPS) is 17.8. The molecule has 0 aliphatic carbocycles.